The number of rotatable bonds is 64. The Kier molecular flexibility index (Phi) is 50.5. The minimum absolute atomic E-state index is 0.725. The maximum Gasteiger partial charge on any atom is 0.135 e. The molecule has 0 unspecified atom stereocenters. The van der Waals surface area contributed by atoms with Gasteiger partial charge in [0.1, 0.15) is 23.0 Å². The first-order valence-electron chi connectivity index (χ1n) is 37.3. The van der Waals surface area contributed by atoms with Gasteiger partial charge in [0.15, 0.2) is 0 Å². The first kappa shape index (κ1) is 73.6. The molecule has 474 valence electrons. The Balaban J connectivity index is 1.64. The number of unbranched alkanes of at least 4 members (excludes halogenated alkanes) is 52. The van der Waals surface area contributed by atoms with Crippen LogP contribution in [0.2, 0.25) is 0 Å². The zero-order valence-corrected chi connectivity index (χ0v) is 55.5. The number of benzene rings is 3. The van der Waals surface area contributed by atoms with Crippen molar-refractivity contribution in [2.24, 2.45) is 0 Å². The number of hydrogen-bond acceptors (Lipinski definition) is 4. The van der Waals surface area contributed by atoms with Crippen molar-refractivity contribution in [2.45, 2.75) is 387 Å². The summed E-state index contributed by atoms with van der Waals surface area (Å²) in [6.07, 6.45) is 76.3. The van der Waals surface area contributed by atoms with Crippen LogP contribution in [0.25, 0.3) is 21.5 Å². The van der Waals surface area contributed by atoms with Crippen molar-refractivity contribution < 1.29 is 18.9 Å². The molecule has 3 aromatic rings. The van der Waals surface area contributed by atoms with Crippen molar-refractivity contribution in [3.63, 3.8) is 0 Å². The maximum absolute atomic E-state index is 6.99. The van der Waals surface area contributed by atoms with Crippen LogP contribution >= 0.6 is 0 Å². The molecule has 82 heavy (non-hydrogen) atoms. The molecule has 0 atom stereocenters. The lowest BCUT2D eigenvalue weighted by Gasteiger charge is -2.20. The summed E-state index contributed by atoms with van der Waals surface area (Å²) in [5.74, 6) is 3.83. The van der Waals surface area contributed by atoms with Crippen molar-refractivity contribution in [1.82, 2.24) is 0 Å². The molecule has 0 N–H and O–H groups in total. The molecule has 0 saturated carbocycles. The Bertz CT molecular complexity index is 1690. The molecular formula is C78H138O4. The highest BCUT2D eigenvalue weighted by molar-refractivity contribution is 6.11. The summed E-state index contributed by atoms with van der Waals surface area (Å²) in [6.45, 7) is 12.2. The number of hydrogen-bond donors (Lipinski definition) is 0. The topological polar surface area (TPSA) is 36.9 Å². The molecule has 0 aliphatic heterocycles. The molecule has 3 rings (SSSR count). The lowest BCUT2D eigenvalue weighted by Crippen LogP contribution is -2.04. The Hall–Kier alpha value is -2.62. The molecule has 0 saturated heterocycles. The Morgan fingerprint density at radius 1 is 0.183 bits per heavy atom. The second kappa shape index (κ2) is 56.2. The van der Waals surface area contributed by atoms with E-state index in [-0.39, 0.29) is 0 Å². The Morgan fingerprint density at radius 2 is 0.354 bits per heavy atom. The number of ether oxygens (including phenoxy) is 4. The van der Waals surface area contributed by atoms with E-state index in [4.69, 9.17) is 18.9 Å². The van der Waals surface area contributed by atoms with Crippen LogP contribution in [0.4, 0.5) is 0 Å². The molecule has 0 aromatic heterocycles. The summed E-state index contributed by atoms with van der Waals surface area (Å²) < 4.78 is 27.1. The van der Waals surface area contributed by atoms with Gasteiger partial charge in [-0.1, -0.05) is 362 Å². The summed E-state index contributed by atoms with van der Waals surface area (Å²) in [4.78, 5) is 0. The smallest absolute Gasteiger partial charge is 0.135 e. The SMILES string of the molecule is CCCCCCCCCCCCCCCCOc1ccc2c(OCCCCCCCCCCCCCCCC)c3cc(OCCCCCCCCCCCCCCCC)ccc3c(OCCCCCCCCCCCCCCCC)c2c1. The summed E-state index contributed by atoms with van der Waals surface area (Å²) in [6, 6.07) is 13.4. The molecule has 4 nitrogen and oxygen atoms in total. The Morgan fingerprint density at radius 3 is 0.549 bits per heavy atom. The summed E-state index contributed by atoms with van der Waals surface area (Å²) in [5.41, 5.74) is 0. The molecular weight excluding hydrogens is 1000 g/mol. The van der Waals surface area contributed by atoms with Crippen molar-refractivity contribution in [1.29, 1.82) is 0 Å². The average molecular weight is 1140 g/mol. The quantitative estimate of drug-likeness (QED) is 0.0417. The predicted molar refractivity (Wildman–Crippen MR) is 365 cm³/mol. The van der Waals surface area contributed by atoms with E-state index in [2.05, 4.69) is 64.1 Å². The third-order valence-corrected chi connectivity index (χ3v) is 18.0. The van der Waals surface area contributed by atoms with Crippen LogP contribution in [-0.2, 0) is 0 Å². The number of fused-ring (bicyclic) bond motifs is 2. The molecule has 0 amide bonds. The maximum atomic E-state index is 6.99. The van der Waals surface area contributed by atoms with Crippen LogP contribution in [0.1, 0.15) is 387 Å². The standard InChI is InChI=1S/C78H138O4/c1-5-9-13-17-21-25-29-33-37-41-45-49-53-57-65-79-71-61-63-73-75(69-71)77(81-67-59-55-51-47-43-39-35-31-27-23-19-15-11-7-3)74-64-62-72(80-66-58-54-50-46-42-38-34-30-26-22-18-14-10-6-2)70-76(74)78(73)82-68-60-56-52-48-44-40-36-32-28-24-20-16-12-8-4/h61-64,69-70H,5-60,65-68H2,1-4H3. The largest absolute Gasteiger partial charge is 0.494 e. The van der Waals surface area contributed by atoms with Gasteiger partial charge in [0.25, 0.3) is 0 Å². The van der Waals surface area contributed by atoms with Gasteiger partial charge in [0.2, 0.25) is 0 Å². The van der Waals surface area contributed by atoms with Gasteiger partial charge in [-0.25, -0.2) is 0 Å². The lowest BCUT2D eigenvalue weighted by molar-refractivity contribution is 0.300. The first-order chi connectivity index (χ1) is 40.7. The summed E-state index contributed by atoms with van der Waals surface area (Å²) >= 11 is 0. The van der Waals surface area contributed by atoms with Gasteiger partial charge < -0.3 is 18.9 Å². The van der Waals surface area contributed by atoms with Gasteiger partial charge in [-0.15, -0.1) is 0 Å². The fourth-order valence-corrected chi connectivity index (χ4v) is 12.5. The zero-order chi connectivity index (χ0) is 58.1. The molecule has 4 heteroatoms. The van der Waals surface area contributed by atoms with Gasteiger partial charge in [-0.05, 0) is 62.1 Å². The van der Waals surface area contributed by atoms with Gasteiger partial charge >= 0.3 is 0 Å². The summed E-state index contributed by atoms with van der Waals surface area (Å²) in [5, 5.41) is 4.48. The molecule has 0 aliphatic rings. The van der Waals surface area contributed by atoms with Crippen LogP contribution in [0, 0.1) is 0 Å². The molecule has 0 radical (unpaired) electrons. The molecule has 3 aromatic carbocycles. The van der Waals surface area contributed by atoms with Gasteiger partial charge in [-0.2, -0.15) is 0 Å². The normalized spacial score (nSPS) is 11.7. The third kappa shape index (κ3) is 39.2. The van der Waals surface area contributed by atoms with E-state index in [0.717, 1.165) is 96.7 Å². The first-order valence-corrected chi connectivity index (χ1v) is 37.3. The van der Waals surface area contributed by atoms with Crippen LogP contribution in [0.15, 0.2) is 36.4 Å². The van der Waals surface area contributed by atoms with E-state index in [1.807, 2.05) is 0 Å². The van der Waals surface area contributed by atoms with E-state index in [1.165, 1.54) is 334 Å². The van der Waals surface area contributed by atoms with Crippen molar-refractivity contribution in [3.8, 4) is 23.0 Å². The average Bonchev–Trinajstić information content (AvgIpc) is 3.67. The minimum Gasteiger partial charge on any atom is -0.494 e. The fraction of sp³-hybridized carbons (Fsp3) is 0.821. The lowest BCUT2D eigenvalue weighted by atomic mass is 9.99. The van der Waals surface area contributed by atoms with E-state index >= 15 is 0 Å². The van der Waals surface area contributed by atoms with Crippen LogP contribution in [-0.4, -0.2) is 26.4 Å². The highest BCUT2D eigenvalue weighted by Gasteiger charge is 2.19. The van der Waals surface area contributed by atoms with Gasteiger partial charge in [0, 0.05) is 21.5 Å². The van der Waals surface area contributed by atoms with Crippen LogP contribution in [0.3, 0.4) is 0 Å². The van der Waals surface area contributed by atoms with Crippen LogP contribution in [0.5, 0.6) is 23.0 Å². The van der Waals surface area contributed by atoms with E-state index in [9.17, 15) is 0 Å². The fourth-order valence-electron chi connectivity index (χ4n) is 12.5. The van der Waals surface area contributed by atoms with Gasteiger partial charge in [-0.3, -0.25) is 0 Å². The highest BCUT2D eigenvalue weighted by atomic mass is 16.5. The third-order valence-electron chi connectivity index (χ3n) is 18.0. The highest BCUT2D eigenvalue weighted by Crippen LogP contribution is 2.45. The monoisotopic (exact) mass is 1140 g/mol. The molecule has 0 heterocycles. The molecule has 0 bridgehead atoms. The van der Waals surface area contributed by atoms with Crippen molar-refractivity contribution >= 4 is 21.5 Å². The molecule has 0 aliphatic carbocycles. The zero-order valence-electron chi connectivity index (χ0n) is 55.5. The van der Waals surface area contributed by atoms with Gasteiger partial charge in [0.05, 0.1) is 26.4 Å². The van der Waals surface area contributed by atoms with E-state index in [1.54, 1.807) is 0 Å². The van der Waals surface area contributed by atoms with Crippen LogP contribution < -0.4 is 18.9 Å². The Labute approximate surface area is 511 Å². The second-order valence-corrected chi connectivity index (χ2v) is 25.9. The van der Waals surface area contributed by atoms with E-state index in [0.29, 0.717) is 0 Å². The molecule has 0 fully saturated rings. The summed E-state index contributed by atoms with van der Waals surface area (Å²) in [7, 11) is 0. The van der Waals surface area contributed by atoms with Crippen molar-refractivity contribution in [3.05, 3.63) is 36.4 Å². The van der Waals surface area contributed by atoms with E-state index < -0.39 is 0 Å². The molecule has 0 spiro atoms. The minimum atomic E-state index is 0.725. The predicted octanol–water partition coefficient (Wildman–Crippen LogP) is 27.4. The second-order valence-electron chi connectivity index (χ2n) is 25.9. The van der Waals surface area contributed by atoms with Crippen molar-refractivity contribution in [2.75, 3.05) is 26.4 Å².